The van der Waals surface area contributed by atoms with Crippen LogP contribution in [-0.4, -0.2) is 17.5 Å². The van der Waals surface area contributed by atoms with Gasteiger partial charge in [0.25, 0.3) is 0 Å². The van der Waals surface area contributed by atoms with Crippen molar-refractivity contribution in [2.75, 3.05) is 5.32 Å². The van der Waals surface area contributed by atoms with Gasteiger partial charge in [0.2, 0.25) is 5.91 Å². The van der Waals surface area contributed by atoms with E-state index in [1.165, 1.54) is 6.07 Å². The summed E-state index contributed by atoms with van der Waals surface area (Å²) in [6.07, 6.45) is 1.30. The molecule has 1 aromatic rings. The lowest BCUT2D eigenvalue weighted by atomic mass is 9.55. The van der Waals surface area contributed by atoms with Crippen LogP contribution in [0.5, 0.6) is 0 Å². The first kappa shape index (κ1) is 17.4. The van der Waals surface area contributed by atoms with Gasteiger partial charge in [0.05, 0.1) is 10.0 Å². The quantitative estimate of drug-likeness (QED) is 0.798. The fraction of sp³-hybridized carbons (Fsp3) is 0.500. The van der Waals surface area contributed by atoms with E-state index >= 15 is 0 Å². The van der Waals surface area contributed by atoms with E-state index in [9.17, 15) is 14.4 Å². The number of benzene rings is 1. The molecule has 2 saturated carbocycles. The molecule has 3 rings (SSSR count). The highest BCUT2D eigenvalue weighted by atomic mass is 35.5. The van der Waals surface area contributed by atoms with Gasteiger partial charge in [0.1, 0.15) is 0 Å². The van der Waals surface area contributed by atoms with E-state index in [4.69, 9.17) is 23.2 Å². The SMILES string of the molecule is CC1(C)C2CC[C@]1(C)C(=O)C(C(=O)Nc1ccc(Cl)c(Cl)c1)C2=O. The van der Waals surface area contributed by atoms with Gasteiger partial charge in [-0.05, 0) is 36.5 Å². The van der Waals surface area contributed by atoms with Gasteiger partial charge in [-0.25, -0.2) is 0 Å². The summed E-state index contributed by atoms with van der Waals surface area (Å²) >= 11 is 11.8. The second-order valence-corrected chi connectivity index (χ2v) is 8.28. The standard InChI is InChI=1S/C18H19Cl2NO3/c1-17(2)10-6-7-18(17,3)15(23)13(14(10)22)16(24)21-9-4-5-11(19)12(20)8-9/h4-5,8,10,13H,6-7H2,1-3H3,(H,21,24)/t10?,13?,18-/m1/s1. The smallest absolute Gasteiger partial charge is 0.242 e. The van der Waals surface area contributed by atoms with Gasteiger partial charge in [-0.15, -0.1) is 0 Å². The zero-order chi connectivity index (χ0) is 17.9. The molecule has 128 valence electrons. The highest BCUT2D eigenvalue weighted by Crippen LogP contribution is 2.61. The lowest BCUT2D eigenvalue weighted by molar-refractivity contribution is -0.156. The van der Waals surface area contributed by atoms with Gasteiger partial charge in [-0.3, -0.25) is 14.4 Å². The highest BCUT2D eigenvalue weighted by molar-refractivity contribution is 6.42. The van der Waals surface area contributed by atoms with Crippen LogP contribution < -0.4 is 5.32 Å². The van der Waals surface area contributed by atoms with E-state index in [-0.39, 0.29) is 17.5 Å². The molecule has 0 spiro atoms. The molecule has 2 unspecified atom stereocenters. The molecule has 3 atom stereocenters. The van der Waals surface area contributed by atoms with Crippen molar-refractivity contribution < 1.29 is 14.4 Å². The van der Waals surface area contributed by atoms with Gasteiger partial charge in [-0.1, -0.05) is 44.0 Å². The normalized spacial score (nSPS) is 31.2. The van der Waals surface area contributed by atoms with Gasteiger partial charge in [0, 0.05) is 17.0 Å². The fourth-order valence-corrected chi connectivity index (χ4v) is 4.42. The Kier molecular flexibility index (Phi) is 4.04. The van der Waals surface area contributed by atoms with Crippen molar-refractivity contribution in [1.29, 1.82) is 0 Å². The second kappa shape index (κ2) is 5.57. The molecule has 2 aliphatic carbocycles. The number of Topliss-reactive ketones (excluding diaryl/α,β-unsaturated/α-hetero) is 2. The molecule has 2 bridgehead atoms. The third kappa shape index (κ3) is 2.31. The zero-order valence-corrected chi connectivity index (χ0v) is 15.3. The topological polar surface area (TPSA) is 63.2 Å². The van der Waals surface area contributed by atoms with Crippen LogP contribution in [0.25, 0.3) is 0 Å². The van der Waals surface area contributed by atoms with E-state index < -0.39 is 22.7 Å². The minimum Gasteiger partial charge on any atom is -0.325 e. The van der Waals surface area contributed by atoms with Crippen LogP contribution >= 0.6 is 23.2 Å². The summed E-state index contributed by atoms with van der Waals surface area (Å²) in [5, 5.41) is 3.29. The Morgan fingerprint density at radius 1 is 1.17 bits per heavy atom. The number of hydrogen-bond donors (Lipinski definition) is 1. The Labute approximate surface area is 150 Å². The maximum atomic E-state index is 13.0. The number of rotatable bonds is 2. The largest absolute Gasteiger partial charge is 0.325 e. The fourth-order valence-electron chi connectivity index (χ4n) is 4.12. The molecule has 1 amide bonds. The molecule has 1 aromatic carbocycles. The highest BCUT2D eigenvalue weighted by Gasteiger charge is 2.66. The van der Waals surface area contributed by atoms with Crippen molar-refractivity contribution in [1.82, 2.24) is 0 Å². The Morgan fingerprint density at radius 2 is 1.83 bits per heavy atom. The number of fused-ring (bicyclic) bond motifs is 2. The first-order valence-corrected chi connectivity index (χ1v) is 8.69. The van der Waals surface area contributed by atoms with Crippen LogP contribution in [0.1, 0.15) is 33.6 Å². The number of nitrogens with one attached hydrogen (secondary N) is 1. The molecular weight excluding hydrogens is 349 g/mol. The first-order chi connectivity index (χ1) is 11.1. The number of hydrogen-bond acceptors (Lipinski definition) is 3. The molecule has 6 heteroatoms. The monoisotopic (exact) mass is 367 g/mol. The summed E-state index contributed by atoms with van der Waals surface area (Å²) < 4.78 is 0. The summed E-state index contributed by atoms with van der Waals surface area (Å²) in [5.41, 5.74) is -0.649. The molecule has 0 aliphatic heterocycles. The predicted octanol–water partition coefficient (Wildman–Crippen LogP) is 4.14. The maximum Gasteiger partial charge on any atom is 0.242 e. The molecule has 0 heterocycles. The summed E-state index contributed by atoms with van der Waals surface area (Å²) in [5.74, 6) is -2.63. The van der Waals surface area contributed by atoms with Gasteiger partial charge in [-0.2, -0.15) is 0 Å². The molecule has 0 saturated heterocycles. The van der Waals surface area contributed by atoms with E-state index in [0.29, 0.717) is 28.6 Å². The number of carbonyl (C=O) groups excluding carboxylic acids is 3. The summed E-state index contributed by atoms with van der Waals surface area (Å²) in [6, 6.07) is 4.64. The van der Waals surface area contributed by atoms with Gasteiger partial charge < -0.3 is 5.32 Å². The number of ketones is 2. The van der Waals surface area contributed by atoms with Gasteiger partial charge >= 0.3 is 0 Å². The van der Waals surface area contributed by atoms with Crippen LogP contribution in [0, 0.1) is 22.7 Å². The number of halogens is 2. The lowest BCUT2D eigenvalue weighted by Gasteiger charge is -2.46. The Morgan fingerprint density at radius 3 is 2.46 bits per heavy atom. The average molecular weight is 368 g/mol. The maximum absolute atomic E-state index is 13.0. The third-order valence-corrected chi connectivity index (χ3v) is 6.85. The molecule has 24 heavy (non-hydrogen) atoms. The second-order valence-electron chi connectivity index (χ2n) is 7.46. The van der Waals surface area contributed by atoms with Crippen molar-refractivity contribution >= 4 is 46.4 Å². The Hall–Kier alpha value is -1.39. The van der Waals surface area contributed by atoms with Crippen LogP contribution in [-0.2, 0) is 14.4 Å². The van der Waals surface area contributed by atoms with E-state index in [0.717, 1.165) is 0 Å². The van der Waals surface area contributed by atoms with Crippen molar-refractivity contribution in [3.05, 3.63) is 28.2 Å². The summed E-state index contributed by atoms with van der Waals surface area (Å²) in [6.45, 7) is 5.78. The van der Waals surface area contributed by atoms with Crippen LogP contribution in [0.2, 0.25) is 10.0 Å². The van der Waals surface area contributed by atoms with Gasteiger partial charge in [0.15, 0.2) is 17.5 Å². The molecule has 2 aliphatic rings. The minimum absolute atomic E-state index is 0.259. The number of amides is 1. The predicted molar refractivity (Wildman–Crippen MR) is 93.2 cm³/mol. The zero-order valence-electron chi connectivity index (χ0n) is 13.8. The Balaban J connectivity index is 1.89. The van der Waals surface area contributed by atoms with Crippen molar-refractivity contribution in [2.45, 2.75) is 33.6 Å². The van der Waals surface area contributed by atoms with E-state index in [1.807, 2.05) is 20.8 Å². The molecule has 4 nitrogen and oxygen atoms in total. The van der Waals surface area contributed by atoms with Crippen LogP contribution in [0.15, 0.2) is 18.2 Å². The van der Waals surface area contributed by atoms with Crippen molar-refractivity contribution in [2.24, 2.45) is 22.7 Å². The molecular formula is C18H19Cl2NO3. The molecule has 0 aromatic heterocycles. The number of carbonyl (C=O) groups is 3. The third-order valence-electron chi connectivity index (χ3n) is 6.11. The molecule has 0 radical (unpaired) electrons. The summed E-state index contributed by atoms with van der Waals surface area (Å²) in [4.78, 5) is 38.4. The molecule has 2 fully saturated rings. The molecule has 1 N–H and O–H groups in total. The van der Waals surface area contributed by atoms with E-state index in [1.54, 1.807) is 12.1 Å². The average Bonchev–Trinajstić information content (AvgIpc) is 2.67. The van der Waals surface area contributed by atoms with E-state index in [2.05, 4.69) is 5.32 Å². The van der Waals surface area contributed by atoms with Crippen LogP contribution in [0.3, 0.4) is 0 Å². The van der Waals surface area contributed by atoms with Crippen molar-refractivity contribution in [3.63, 3.8) is 0 Å². The number of anilines is 1. The van der Waals surface area contributed by atoms with Crippen molar-refractivity contribution in [3.8, 4) is 0 Å². The lowest BCUT2D eigenvalue weighted by Crippen LogP contribution is -2.56. The minimum atomic E-state index is -1.25. The van der Waals surface area contributed by atoms with Crippen LogP contribution in [0.4, 0.5) is 5.69 Å². The Bertz CT molecular complexity index is 759. The first-order valence-electron chi connectivity index (χ1n) is 7.93. The summed E-state index contributed by atoms with van der Waals surface area (Å²) in [7, 11) is 0.